The summed E-state index contributed by atoms with van der Waals surface area (Å²) in [5.74, 6) is -1.77. The predicted octanol–water partition coefficient (Wildman–Crippen LogP) is 2.84. The van der Waals surface area contributed by atoms with Gasteiger partial charge in [-0.15, -0.1) is 0 Å². The first-order valence-electron chi connectivity index (χ1n) is 12.0. The minimum Gasteiger partial charge on any atom is -0.507 e. The number of carbonyl (C=O) groups is 2. The van der Waals surface area contributed by atoms with Crippen LogP contribution in [0.25, 0.3) is 5.76 Å². The molecule has 0 saturated carbocycles. The van der Waals surface area contributed by atoms with E-state index in [1.807, 2.05) is 24.3 Å². The van der Waals surface area contributed by atoms with Gasteiger partial charge in [0.2, 0.25) is 10.0 Å². The van der Waals surface area contributed by atoms with E-state index >= 15 is 0 Å². The van der Waals surface area contributed by atoms with E-state index in [0.29, 0.717) is 31.7 Å². The number of rotatable bonds is 8. The number of sulfonamides is 1. The van der Waals surface area contributed by atoms with Gasteiger partial charge < -0.3 is 14.7 Å². The molecule has 2 aliphatic rings. The first kappa shape index (κ1) is 27.5. The molecule has 1 N–H and O–H groups in total. The van der Waals surface area contributed by atoms with E-state index in [1.165, 1.54) is 43.3 Å². The van der Waals surface area contributed by atoms with Crippen molar-refractivity contribution in [1.82, 2.24) is 14.1 Å². The highest BCUT2D eigenvalue weighted by Crippen LogP contribution is 2.40. The van der Waals surface area contributed by atoms with Crippen molar-refractivity contribution in [3.05, 3.63) is 69.7 Å². The number of benzene rings is 2. The van der Waals surface area contributed by atoms with Crippen LogP contribution in [0.1, 0.15) is 23.6 Å². The van der Waals surface area contributed by atoms with Gasteiger partial charge in [0.25, 0.3) is 11.7 Å². The number of hydrogen-bond acceptors (Lipinski definition) is 7. The van der Waals surface area contributed by atoms with E-state index < -0.39 is 27.8 Å². The summed E-state index contributed by atoms with van der Waals surface area (Å²) >= 11 is 3.46. The number of halogens is 1. The Hall–Kier alpha value is -2.57. The summed E-state index contributed by atoms with van der Waals surface area (Å²) in [6, 6.07) is 12.2. The van der Waals surface area contributed by atoms with Crippen LogP contribution >= 0.6 is 15.9 Å². The SMILES string of the molecule is CN(C)S(=O)(=O)c1ccc(C(O)=C2C(=O)C(=O)N(CCCN3CCOCC3)[C@H]2c2cccc(Br)c2)cc1. The molecular weight excluding hydrogens is 562 g/mol. The summed E-state index contributed by atoms with van der Waals surface area (Å²) in [5, 5.41) is 11.2. The Bertz CT molecular complexity index is 1300. The molecule has 0 bridgehead atoms. The van der Waals surface area contributed by atoms with Crippen LogP contribution < -0.4 is 0 Å². The van der Waals surface area contributed by atoms with Gasteiger partial charge in [-0.3, -0.25) is 14.5 Å². The molecule has 1 amide bonds. The number of amides is 1. The van der Waals surface area contributed by atoms with Crippen molar-refractivity contribution in [3.63, 3.8) is 0 Å². The second-order valence-electron chi connectivity index (χ2n) is 9.17. The van der Waals surface area contributed by atoms with Crippen LogP contribution in [-0.4, -0.2) is 92.8 Å². The summed E-state index contributed by atoms with van der Waals surface area (Å²) in [6.45, 7) is 4.12. The largest absolute Gasteiger partial charge is 0.507 e. The van der Waals surface area contributed by atoms with Crippen molar-refractivity contribution < 1.29 is 27.9 Å². The highest BCUT2D eigenvalue weighted by Gasteiger charge is 2.45. The van der Waals surface area contributed by atoms with Crippen molar-refractivity contribution in [3.8, 4) is 0 Å². The highest BCUT2D eigenvalue weighted by molar-refractivity contribution is 9.10. The molecule has 11 heteroatoms. The number of nitrogens with zero attached hydrogens (tertiary/aromatic N) is 3. The molecule has 1 atom stereocenters. The lowest BCUT2D eigenvalue weighted by molar-refractivity contribution is -0.140. The fourth-order valence-corrected chi connectivity index (χ4v) is 5.89. The number of hydrogen-bond donors (Lipinski definition) is 1. The molecule has 2 aromatic rings. The van der Waals surface area contributed by atoms with Gasteiger partial charge in [0, 0.05) is 50.3 Å². The Morgan fingerprint density at radius 2 is 1.76 bits per heavy atom. The summed E-state index contributed by atoms with van der Waals surface area (Å²) < 4.78 is 32.1. The summed E-state index contributed by atoms with van der Waals surface area (Å²) in [4.78, 5) is 30.2. The molecule has 2 saturated heterocycles. The van der Waals surface area contributed by atoms with Crippen molar-refractivity contribution in [2.24, 2.45) is 0 Å². The van der Waals surface area contributed by atoms with Crippen molar-refractivity contribution >= 4 is 43.4 Å². The lowest BCUT2D eigenvalue weighted by Crippen LogP contribution is -2.38. The zero-order chi connectivity index (χ0) is 26.7. The molecule has 2 heterocycles. The zero-order valence-electron chi connectivity index (χ0n) is 20.8. The molecule has 2 aromatic carbocycles. The maximum Gasteiger partial charge on any atom is 0.295 e. The summed E-state index contributed by atoms with van der Waals surface area (Å²) in [6.07, 6.45) is 0.661. The fourth-order valence-electron chi connectivity index (χ4n) is 4.57. The Labute approximate surface area is 225 Å². The number of aliphatic hydroxyl groups is 1. The van der Waals surface area contributed by atoms with Gasteiger partial charge in [-0.1, -0.05) is 28.1 Å². The highest BCUT2D eigenvalue weighted by atomic mass is 79.9. The van der Waals surface area contributed by atoms with E-state index in [1.54, 1.807) is 0 Å². The number of likely N-dealkylation sites (tertiary alicyclic amines) is 1. The molecule has 0 radical (unpaired) electrons. The van der Waals surface area contributed by atoms with Gasteiger partial charge in [0.1, 0.15) is 5.76 Å². The van der Waals surface area contributed by atoms with Crippen LogP contribution in [0.3, 0.4) is 0 Å². The number of Topliss-reactive ketones (excluding diaryl/α,β-unsaturated/α-hetero) is 1. The zero-order valence-corrected chi connectivity index (χ0v) is 23.2. The third kappa shape index (κ3) is 5.80. The topological polar surface area (TPSA) is 107 Å². The fraction of sp³-hybridized carbons (Fsp3) is 0.385. The van der Waals surface area contributed by atoms with Crippen LogP contribution in [0.4, 0.5) is 0 Å². The molecule has 2 aliphatic heterocycles. The first-order valence-corrected chi connectivity index (χ1v) is 14.2. The van der Waals surface area contributed by atoms with E-state index in [2.05, 4.69) is 20.8 Å². The Balaban J connectivity index is 1.68. The van der Waals surface area contributed by atoms with E-state index in [-0.39, 0.29) is 21.8 Å². The minimum absolute atomic E-state index is 0.0160. The molecule has 0 aromatic heterocycles. The van der Waals surface area contributed by atoms with Crippen LogP contribution in [0.5, 0.6) is 0 Å². The number of ether oxygens (including phenoxy) is 1. The monoisotopic (exact) mass is 591 g/mol. The molecule has 9 nitrogen and oxygen atoms in total. The average molecular weight is 593 g/mol. The minimum atomic E-state index is -3.66. The van der Waals surface area contributed by atoms with Gasteiger partial charge in [0.15, 0.2) is 0 Å². The van der Waals surface area contributed by atoms with Crippen molar-refractivity contribution in [1.29, 1.82) is 0 Å². The quantitative estimate of drug-likeness (QED) is 0.286. The first-order chi connectivity index (χ1) is 17.6. The Morgan fingerprint density at radius 3 is 2.38 bits per heavy atom. The second-order valence-corrected chi connectivity index (χ2v) is 12.2. The van der Waals surface area contributed by atoms with E-state index in [4.69, 9.17) is 4.74 Å². The molecule has 198 valence electrons. The second kappa shape index (κ2) is 11.4. The lowest BCUT2D eigenvalue weighted by Gasteiger charge is -2.29. The third-order valence-corrected chi connectivity index (χ3v) is 8.91. The van der Waals surface area contributed by atoms with Gasteiger partial charge in [-0.2, -0.15) is 0 Å². The van der Waals surface area contributed by atoms with Gasteiger partial charge in [-0.05, 0) is 48.4 Å². The molecule has 0 unspecified atom stereocenters. The van der Waals surface area contributed by atoms with Crippen molar-refractivity contribution in [2.45, 2.75) is 17.4 Å². The standard InChI is InChI=1S/C26H30BrN3O6S/c1-28(2)37(34,35)21-9-7-18(8-10-21)24(31)22-23(19-5-3-6-20(27)17-19)30(26(33)25(22)32)12-4-11-29-13-15-36-16-14-29/h3,5-10,17,23,31H,4,11-16H2,1-2H3/t23-/m0/s1. The number of carbonyl (C=O) groups excluding carboxylic acids is 2. The molecule has 2 fully saturated rings. The molecule has 4 rings (SSSR count). The normalized spacial score (nSPS) is 20.6. The maximum absolute atomic E-state index is 13.2. The average Bonchev–Trinajstić information content (AvgIpc) is 3.14. The predicted molar refractivity (Wildman–Crippen MR) is 142 cm³/mol. The van der Waals surface area contributed by atoms with Crippen LogP contribution in [-0.2, 0) is 24.3 Å². The van der Waals surface area contributed by atoms with Gasteiger partial charge in [-0.25, -0.2) is 12.7 Å². The third-order valence-electron chi connectivity index (χ3n) is 6.59. The number of morpholine rings is 1. The number of aliphatic hydroxyl groups excluding tert-OH is 1. The van der Waals surface area contributed by atoms with Crippen LogP contribution in [0.15, 0.2) is 63.5 Å². The molecule has 37 heavy (non-hydrogen) atoms. The molecule has 0 aliphatic carbocycles. The Morgan fingerprint density at radius 1 is 1.08 bits per heavy atom. The van der Waals surface area contributed by atoms with Gasteiger partial charge >= 0.3 is 0 Å². The van der Waals surface area contributed by atoms with Crippen LogP contribution in [0.2, 0.25) is 0 Å². The summed E-state index contributed by atoms with van der Waals surface area (Å²) in [5.41, 5.74) is 0.926. The van der Waals surface area contributed by atoms with Crippen LogP contribution in [0, 0.1) is 0 Å². The van der Waals surface area contributed by atoms with Gasteiger partial charge in [0.05, 0.1) is 29.7 Å². The lowest BCUT2D eigenvalue weighted by atomic mass is 9.95. The summed E-state index contributed by atoms with van der Waals surface area (Å²) in [7, 11) is -0.791. The smallest absolute Gasteiger partial charge is 0.295 e. The van der Waals surface area contributed by atoms with E-state index in [0.717, 1.165) is 28.4 Å². The molecular formula is C26H30BrN3O6S. The van der Waals surface area contributed by atoms with E-state index in [9.17, 15) is 23.1 Å². The Kier molecular flexibility index (Phi) is 8.49. The molecule has 0 spiro atoms. The maximum atomic E-state index is 13.2. The number of ketones is 1. The van der Waals surface area contributed by atoms with Crippen molar-refractivity contribution in [2.75, 3.05) is 53.5 Å².